The Balaban J connectivity index is 1.99. The van der Waals surface area contributed by atoms with Crippen LogP contribution in [0, 0.1) is 0 Å². The molecule has 0 aliphatic rings. The average molecular weight is 289 g/mol. The van der Waals surface area contributed by atoms with E-state index >= 15 is 0 Å². The molecule has 0 radical (unpaired) electrons. The van der Waals surface area contributed by atoms with Gasteiger partial charge in [-0.05, 0) is 24.6 Å². The Morgan fingerprint density at radius 2 is 2.10 bits per heavy atom. The fourth-order valence-electron chi connectivity index (χ4n) is 2.05. The highest BCUT2D eigenvalue weighted by atomic mass is 16.5. The van der Waals surface area contributed by atoms with Gasteiger partial charge in [0, 0.05) is 11.8 Å². The summed E-state index contributed by atoms with van der Waals surface area (Å²) in [5.41, 5.74) is 1.81. The van der Waals surface area contributed by atoms with Gasteiger partial charge < -0.3 is 14.8 Å². The van der Waals surface area contributed by atoms with E-state index in [9.17, 15) is 4.79 Å². The van der Waals surface area contributed by atoms with Gasteiger partial charge >= 0.3 is 0 Å². The third-order valence-corrected chi connectivity index (χ3v) is 3.21. The molecule has 0 spiro atoms. The normalized spacial score (nSPS) is 11.8. The first-order valence-electron chi connectivity index (χ1n) is 6.63. The minimum Gasteiger partial charge on any atom is -0.493 e. The van der Waals surface area contributed by atoms with E-state index in [1.54, 1.807) is 38.7 Å². The average Bonchev–Trinajstić information content (AvgIpc) is 3.01. The minimum absolute atomic E-state index is 0.0593. The topological polar surface area (TPSA) is 76.2 Å². The molecular weight excluding hydrogens is 270 g/mol. The predicted molar refractivity (Wildman–Crippen MR) is 78.4 cm³/mol. The van der Waals surface area contributed by atoms with Crippen LogP contribution in [-0.2, 0) is 11.2 Å². The maximum Gasteiger partial charge on any atom is 0.224 e. The summed E-state index contributed by atoms with van der Waals surface area (Å²) >= 11 is 0. The number of methoxy groups -OCH3 is 2. The smallest absolute Gasteiger partial charge is 0.224 e. The predicted octanol–water partition coefficient (Wildman–Crippen LogP) is 1.85. The fraction of sp³-hybridized carbons (Fsp3) is 0.333. The summed E-state index contributed by atoms with van der Waals surface area (Å²) in [4.78, 5) is 12.1. The second-order valence-corrected chi connectivity index (χ2v) is 4.69. The van der Waals surface area contributed by atoms with Crippen molar-refractivity contribution in [1.82, 2.24) is 15.5 Å². The fourth-order valence-corrected chi connectivity index (χ4v) is 2.05. The number of H-pyrrole nitrogens is 1. The lowest BCUT2D eigenvalue weighted by Crippen LogP contribution is -2.27. The number of amides is 1. The maximum atomic E-state index is 12.1. The number of carbonyl (C=O) groups excluding carboxylic acids is 1. The molecule has 2 aromatic rings. The van der Waals surface area contributed by atoms with Crippen LogP contribution in [0.2, 0.25) is 0 Å². The number of rotatable bonds is 6. The van der Waals surface area contributed by atoms with Gasteiger partial charge in [-0.2, -0.15) is 5.10 Å². The van der Waals surface area contributed by atoms with Crippen LogP contribution in [0.5, 0.6) is 11.5 Å². The molecule has 0 bridgehead atoms. The van der Waals surface area contributed by atoms with Crippen LogP contribution in [0.4, 0.5) is 0 Å². The van der Waals surface area contributed by atoms with Crippen molar-refractivity contribution >= 4 is 5.91 Å². The van der Waals surface area contributed by atoms with Crippen molar-refractivity contribution in [2.45, 2.75) is 19.4 Å². The van der Waals surface area contributed by atoms with Crippen molar-refractivity contribution in [3.05, 3.63) is 41.7 Å². The number of hydrogen-bond donors (Lipinski definition) is 2. The van der Waals surface area contributed by atoms with Crippen LogP contribution in [0.3, 0.4) is 0 Å². The van der Waals surface area contributed by atoms with E-state index in [1.807, 2.05) is 13.0 Å². The summed E-state index contributed by atoms with van der Waals surface area (Å²) in [5.74, 6) is 1.20. The molecule has 112 valence electrons. The lowest BCUT2D eigenvalue weighted by molar-refractivity contribution is -0.121. The Kier molecular flexibility index (Phi) is 4.81. The van der Waals surface area contributed by atoms with Crippen LogP contribution in [0.25, 0.3) is 0 Å². The highest BCUT2D eigenvalue weighted by Gasteiger charge is 2.12. The largest absolute Gasteiger partial charge is 0.493 e. The zero-order valence-electron chi connectivity index (χ0n) is 12.3. The molecule has 1 atom stereocenters. The molecule has 1 amide bonds. The summed E-state index contributed by atoms with van der Waals surface area (Å²) < 4.78 is 10.4. The molecule has 1 heterocycles. The van der Waals surface area contributed by atoms with E-state index in [0.29, 0.717) is 11.5 Å². The molecule has 6 heteroatoms. The number of nitrogens with one attached hydrogen (secondary N) is 2. The molecular formula is C15H19N3O3. The molecule has 0 saturated carbocycles. The third kappa shape index (κ3) is 3.75. The molecule has 2 N–H and O–H groups in total. The van der Waals surface area contributed by atoms with Crippen molar-refractivity contribution in [1.29, 1.82) is 0 Å². The van der Waals surface area contributed by atoms with Crippen molar-refractivity contribution < 1.29 is 14.3 Å². The van der Waals surface area contributed by atoms with Crippen LogP contribution in [0.1, 0.15) is 24.1 Å². The number of ether oxygens (including phenoxy) is 2. The molecule has 1 aromatic heterocycles. The number of benzene rings is 1. The molecule has 0 saturated heterocycles. The lowest BCUT2D eigenvalue weighted by atomic mass is 10.1. The summed E-state index contributed by atoms with van der Waals surface area (Å²) in [6, 6.07) is 5.36. The molecule has 2 rings (SSSR count). The first-order valence-corrected chi connectivity index (χ1v) is 6.63. The van der Waals surface area contributed by atoms with Gasteiger partial charge in [-0.1, -0.05) is 6.07 Å². The van der Waals surface area contributed by atoms with E-state index in [0.717, 1.165) is 11.1 Å². The third-order valence-electron chi connectivity index (χ3n) is 3.21. The van der Waals surface area contributed by atoms with Gasteiger partial charge in [0.25, 0.3) is 0 Å². The summed E-state index contributed by atoms with van der Waals surface area (Å²) in [6.45, 7) is 1.91. The Morgan fingerprint density at radius 3 is 2.71 bits per heavy atom. The number of hydrogen-bond acceptors (Lipinski definition) is 4. The SMILES string of the molecule is COc1ccc(CC(=O)NC(C)c2cn[nH]c2)cc1OC. The van der Waals surface area contributed by atoms with Gasteiger partial charge in [-0.25, -0.2) is 0 Å². The van der Waals surface area contributed by atoms with Crippen LogP contribution >= 0.6 is 0 Å². The zero-order chi connectivity index (χ0) is 15.2. The minimum atomic E-state index is -0.0867. The Bertz CT molecular complexity index is 596. The maximum absolute atomic E-state index is 12.1. The first kappa shape index (κ1) is 14.9. The molecule has 0 fully saturated rings. The molecule has 1 unspecified atom stereocenters. The lowest BCUT2D eigenvalue weighted by Gasteiger charge is -2.13. The number of aromatic nitrogens is 2. The number of aromatic amines is 1. The quantitative estimate of drug-likeness (QED) is 0.851. The van der Waals surface area contributed by atoms with E-state index in [1.165, 1.54) is 0 Å². The van der Waals surface area contributed by atoms with E-state index < -0.39 is 0 Å². The zero-order valence-corrected chi connectivity index (χ0v) is 12.3. The summed E-state index contributed by atoms with van der Waals surface area (Å²) in [5, 5.41) is 9.53. The number of carbonyl (C=O) groups is 1. The second kappa shape index (κ2) is 6.78. The Morgan fingerprint density at radius 1 is 1.33 bits per heavy atom. The van der Waals surface area contributed by atoms with Gasteiger partial charge in [0.15, 0.2) is 11.5 Å². The van der Waals surface area contributed by atoms with Gasteiger partial charge in [-0.3, -0.25) is 9.89 Å². The number of nitrogens with zero attached hydrogens (tertiary/aromatic N) is 1. The molecule has 0 aliphatic carbocycles. The van der Waals surface area contributed by atoms with Crippen LogP contribution in [0.15, 0.2) is 30.6 Å². The molecule has 0 aliphatic heterocycles. The first-order chi connectivity index (χ1) is 10.1. The highest BCUT2D eigenvalue weighted by molar-refractivity contribution is 5.79. The molecule has 21 heavy (non-hydrogen) atoms. The van der Waals surface area contributed by atoms with Gasteiger partial charge in [0.1, 0.15) is 0 Å². The van der Waals surface area contributed by atoms with Gasteiger partial charge in [-0.15, -0.1) is 0 Å². The Hall–Kier alpha value is -2.50. The van der Waals surface area contributed by atoms with Crippen molar-refractivity contribution in [2.75, 3.05) is 14.2 Å². The van der Waals surface area contributed by atoms with E-state index in [2.05, 4.69) is 15.5 Å². The van der Waals surface area contributed by atoms with Crippen LogP contribution < -0.4 is 14.8 Å². The molecule has 6 nitrogen and oxygen atoms in total. The second-order valence-electron chi connectivity index (χ2n) is 4.69. The van der Waals surface area contributed by atoms with Crippen LogP contribution in [-0.4, -0.2) is 30.3 Å². The van der Waals surface area contributed by atoms with E-state index in [4.69, 9.17) is 9.47 Å². The van der Waals surface area contributed by atoms with Crippen molar-refractivity contribution in [2.24, 2.45) is 0 Å². The van der Waals surface area contributed by atoms with Gasteiger partial charge in [0.05, 0.1) is 32.9 Å². The van der Waals surface area contributed by atoms with E-state index in [-0.39, 0.29) is 18.4 Å². The standard InChI is InChI=1S/C15H19N3O3/c1-10(12-8-16-17-9-12)18-15(19)7-11-4-5-13(20-2)14(6-11)21-3/h4-6,8-10H,7H2,1-3H3,(H,16,17)(H,18,19). The van der Waals surface area contributed by atoms with Crippen molar-refractivity contribution in [3.8, 4) is 11.5 Å². The monoisotopic (exact) mass is 289 g/mol. The highest BCUT2D eigenvalue weighted by Crippen LogP contribution is 2.27. The Labute approximate surface area is 123 Å². The summed E-state index contributed by atoms with van der Waals surface area (Å²) in [6.07, 6.45) is 3.74. The van der Waals surface area contributed by atoms with Crippen molar-refractivity contribution in [3.63, 3.8) is 0 Å². The van der Waals surface area contributed by atoms with Gasteiger partial charge in [0.2, 0.25) is 5.91 Å². The summed E-state index contributed by atoms with van der Waals surface area (Å²) in [7, 11) is 3.15. The molecule has 1 aromatic carbocycles.